The van der Waals surface area contributed by atoms with Crippen molar-refractivity contribution in [1.29, 1.82) is 0 Å². The zero-order valence-corrected chi connectivity index (χ0v) is 12.3. The summed E-state index contributed by atoms with van der Waals surface area (Å²) < 4.78 is 5.24. The molecule has 1 heterocycles. The van der Waals surface area contributed by atoms with Crippen molar-refractivity contribution in [2.75, 3.05) is 20.3 Å². The predicted octanol–water partition coefficient (Wildman–Crippen LogP) is 2.16. The molecule has 2 rings (SSSR count). The van der Waals surface area contributed by atoms with Crippen LogP contribution in [0.4, 0.5) is 0 Å². The molecule has 0 saturated heterocycles. The number of benzene rings is 1. The van der Waals surface area contributed by atoms with E-state index in [0.717, 1.165) is 5.56 Å². The number of ether oxygens (including phenoxy) is 1. The van der Waals surface area contributed by atoms with Crippen LogP contribution >= 0.6 is 0 Å². The van der Waals surface area contributed by atoms with E-state index in [1.807, 2.05) is 30.3 Å². The molecule has 0 radical (unpaired) electrons. The highest BCUT2D eigenvalue weighted by molar-refractivity contribution is 5.30. The van der Waals surface area contributed by atoms with Crippen LogP contribution in [0, 0.1) is 0 Å². The summed E-state index contributed by atoms with van der Waals surface area (Å²) in [5.41, 5.74) is 2.33. The van der Waals surface area contributed by atoms with Gasteiger partial charge in [0.25, 0.3) is 0 Å². The predicted molar refractivity (Wildman–Crippen MR) is 83.0 cm³/mol. The Balaban J connectivity index is 2.24. The van der Waals surface area contributed by atoms with Crippen LogP contribution in [0.2, 0.25) is 0 Å². The number of methoxy groups -OCH3 is 1. The average Bonchev–Trinajstić information content (AvgIpc) is 2.54. The van der Waals surface area contributed by atoms with Crippen molar-refractivity contribution in [3.05, 3.63) is 66.0 Å². The summed E-state index contributed by atoms with van der Waals surface area (Å²) in [6.07, 6.45) is 4.25. The minimum atomic E-state index is 0.0564. The Hall–Kier alpha value is -1.75. The highest BCUT2D eigenvalue weighted by Crippen LogP contribution is 2.22. The van der Waals surface area contributed by atoms with E-state index in [9.17, 15) is 5.11 Å². The van der Waals surface area contributed by atoms with Crippen molar-refractivity contribution in [3.63, 3.8) is 0 Å². The number of nitrogens with one attached hydrogen (secondary N) is 1. The second-order valence-corrected chi connectivity index (χ2v) is 4.96. The van der Waals surface area contributed by atoms with Gasteiger partial charge in [-0.15, -0.1) is 0 Å². The lowest BCUT2D eigenvalue weighted by Crippen LogP contribution is -2.37. The lowest BCUT2D eigenvalue weighted by Gasteiger charge is -2.26. The van der Waals surface area contributed by atoms with Gasteiger partial charge in [0.1, 0.15) is 0 Å². The molecule has 112 valence electrons. The molecule has 0 amide bonds. The number of aliphatic hydroxyl groups excluding tert-OH is 1. The number of nitrogens with zero attached hydrogens (tertiary/aromatic N) is 1. The summed E-state index contributed by atoms with van der Waals surface area (Å²) in [6.45, 7) is 0.702. The number of hydrogen-bond acceptors (Lipinski definition) is 4. The lowest BCUT2D eigenvalue weighted by atomic mass is 9.98. The molecule has 2 aromatic rings. The summed E-state index contributed by atoms with van der Waals surface area (Å²) in [4.78, 5) is 4.08. The zero-order valence-electron chi connectivity index (χ0n) is 12.3. The van der Waals surface area contributed by atoms with Gasteiger partial charge in [0.15, 0.2) is 0 Å². The van der Waals surface area contributed by atoms with Gasteiger partial charge in [0.2, 0.25) is 0 Å². The molecular formula is C17H22N2O2. The molecule has 21 heavy (non-hydrogen) atoms. The van der Waals surface area contributed by atoms with Crippen LogP contribution in [0.1, 0.15) is 23.6 Å². The molecule has 0 aliphatic rings. The minimum Gasteiger partial charge on any atom is -0.396 e. The largest absolute Gasteiger partial charge is 0.396 e. The zero-order chi connectivity index (χ0) is 14.9. The van der Waals surface area contributed by atoms with Gasteiger partial charge in [-0.05, 0) is 29.7 Å². The third kappa shape index (κ3) is 4.63. The third-order valence-corrected chi connectivity index (χ3v) is 3.42. The first-order chi connectivity index (χ1) is 10.3. The van der Waals surface area contributed by atoms with Crippen LogP contribution in [0.5, 0.6) is 0 Å². The molecule has 0 aliphatic heterocycles. The summed E-state index contributed by atoms with van der Waals surface area (Å²) in [5.74, 6) is 0. The SMILES string of the molecule is COCC(CCO)NC(c1ccccc1)c1ccncc1. The van der Waals surface area contributed by atoms with E-state index in [1.165, 1.54) is 5.56 Å². The monoisotopic (exact) mass is 286 g/mol. The molecule has 2 unspecified atom stereocenters. The second kappa shape index (κ2) is 8.52. The number of pyridine rings is 1. The Morgan fingerprint density at radius 3 is 2.38 bits per heavy atom. The molecule has 0 saturated carbocycles. The van der Waals surface area contributed by atoms with Gasteiger partial charge in [-0.25, -0.2) is 0 Å². The van der Waals surface area contributed by atoms with Crippen LogP contribution in [-0.2, 0) is 4.74 Å². The van der Waals surface area contributed by atoms with E-state index in [2.05, 4.69) is 22.4 Å². The molecule has 0 aliphatic carbocycles. The van der Waals surface area contributed by atoms with Crippen molar-refractivity contribution in [2.24, 2.45) is 0 Å². The molecule has 1 aromatic carbocycles. The normalized spacial score (nSPS) is 13.8. The van der Waals surface area contributed by atoms with Crippen LogP contribution in [0.3, 0.4) is 0 Å². The van der Waals surface area contributed by atoms with E-state index in [4.69, 9.17) is 4.74 Å². The molecule has 0 spiro atoms. The van der Waals surface area contributed by atoms with Crippen LogP contribution < -0.4 is 5.32 Å². The molecule has 0 bridgehead atoms. The minimum absolute atomic E-state index is 0.0564. The maximum Gasteiger partial charge on any atom is 0.0617 e. The van der Waals surface area contributed by atoms with Gasteiger partial charge < -0.3 is 15.2 Å². The van der Waals surface area contributed by atoms with E-state index in [1.54, 1.807) is 19.5 Å². The van der Waals surface area contributed by atoms with Crippen molar-refractivity contribution in [2.45, 2.75) is 18.5 Å². The lowest BCUT2D eigenvalue weighted by molar-refractivity contribution is 0.145. The summed E-state index contributed by atoms with van der Waals surface area (Å²) in [7, 11) is 1.68. The van der Waals surface area contributed by atoms with E-state index >= 15 is 0 Å². The van der Waals surface area contributed by atoms with Gasteiger partial charge >= 0.3 is 0 Å². The molecule has 4 heteroatoms. The van der Waals surface area contributed by atoms with Crippen LogP contribution in [0.15, 0.2) is 54.9 Å². The fraction of sp³-hybridized carbons (Fsp3) is 0.353. The second-order valence-electron chi connectivity index (χ2n) is 4.96. The van der Waals surface area contributed by atoms with Gasteiger partial charge in [0, 0.05) is 32.2 Å². The van der Waals surface area contributed by atoms with Gasteiger partial charge in [-0.2, -0.15) is 0 Å². The standard InChI is InChI=1S/C17H22N2O2/c1-21-13-16(9-12-20)19-17(14-5-3-2-4-6-14)15-7-10-18-11-8-15/h2-8,10-11,16-17,19-20H,9,12-13H2,1H3. The Morgan fingerprint density at radius 2 is 1.76 bits per heavy atom. The molecule has 0 fully saturated rings. The first-order valence-corrected chi connectivity index (χ1v) is 7.16. The van der Waals surface area contributed by atoms with Crippen LogP contribution in [0.25, 0.3) is 0 Å². The number of rotatable bonds is 8. The van der Waals surface area contributed by atoms with Gasteiger partial charge in [-0.1, -0.05) is 30.3 Å². The van der Waals surface area contributed by atoms with E-state index in [0.29, 0.717) is 13.0 Å². The Bertz CT molecular complexity index is 459. The summed E-state index contributed by atoms with van der Waals surface area (Å²) in [5, 5.41) is 12.8. The van der Waals surface area contributed by atoms with Crippen molar-refractivity contribution < 1.29 is 9.84 Å². The number of hydrogen-bond donors (Lipinski definition) is 2. The van der Waals surface area contributed by atoms with Gasteiger partial charge in [0.05, 0.1) is 12.6 Å². The first-order valence-electron chi connectivity index (χ1n) is 7.16. The third-order valence-electron chi connectivity index (χ3n) is 3.42. The van der Waals surface area contributed by atoms with Crippen molar-refractivity contribution >= 4 is 0 Å². The summed E-state index contributed by atoms with van der Waals surface area (Å²) in [6, 6.07) is 14.4. The highest BCUT2D eigenvalue weighted by Gasteiger charge is 2.18. The van der Waals surface area contributed by atoms with E-state index < -0.39 is 0 Å². The quantitative estimate of drug-likeness (QED) is 0.781. The maximum absolute atomic E-state index is 9.21. The number of aromatic nitrogens is 1. The Labute approximate surface area is 125 Å². The average molecular weight is 286 g/mol. The Morgan fingerprint density at radius 1 is 1.10 bits per heavy atom. The first kappa shape index (κ1) is 15.6. The number of aliphatic hydroxyl groups is 1. The van der Waals surface area contributed by atoms with Crippen LogP contribution in [-0.4, -0.2) is 36.5 Å². The Kier molecular flexibility index (Phi) is 6.34. The molecule has 1 aromatic heterocycles. The fourth-order valence-corrected chi connectivity index (χ4v) is 2.39. The molecule has 2 N–H and O–H groups in total. The van der Waals surface area contributed by atoms with Crippen molar-refractivity contribution in [3.8, 4) is 0 Å². The molecule has 4 nitrogen and oxygen atoms in total. The smallest absolute Gasteiger partial charge is 0.0617 e. The molecular weight excluding hydrogens is 264 g/mol. The molecule has 2 atom stereocenters. The summed E-state index contributed by atoms with van der Waals surface area (Å²) >= 11 is 0. The van der Waals surface area contributed by atoms with Crippen molar-refractivity contribution in [1.82, 2.24) is 10.3 Å². The van der Waals surface area contributed by atoms with E-state index in [-0.39, 0.29) is 18.7 Å². The maximum atomic E-state index is 9.21. The van der Waals surface area contributed by atoms with Gasteiger partial charge in [-0.3, -0.25) is 4.98 Å². The topological polar surface area (TPSA) is 54.4 Å². The fourth-order valence-electron chi connectivity index (χ4n) is 2.39. The highest BCUT2D eigenvalue weighted by atomic mass is 16.5.